The first-order valence-electron chi connectivity index (χ1n) is 10.6. The van der Waals surface area contributed by atoms with E-state index in [1.165, 1.54) is 44.6 Å². The van der Waals surface area contributed by atoms with Gasteiger partial charge in [-0.05, 0) is 41.8 Å². The summed E-state index contributed by atoms with van der Waals surface area (Å²) in [5.41, 5.74) is -0.608. The van der Waals surface area contributed by atoms with Crippen molar-refractivity contribution >= 4 is 15.9 Å². The van der Waals surface area contributed by atoms with Gasteiger partial charge in [-0.1, -0.05) is 13.8 Å². The molecule has 0 unspecified atom stereocenters. The van der Waals surface area contributed by atoms with E-state index in [2.05, 4.69) is 5.10 Å². The molecule has 0 fully saturated rings. The van der Waals surface area contributed by atoms with Crippen LogP contribution >= 0.6 is 0 Å². The zero-order valence-electron chi connectivity index (χ0n) is 19.7. The van der Waals surface area contributed by atoms with Gasteiger partial charge in [-0.3, -0.25) is 4.79 Å². The van der Waals surface area contributed by atoms with Crippen LogP contribution in [0.1, 0.15) is 41.4 Å². The van der Waals surface area contributed by atoms with Crippen LogP contribution in [-0.2, 0) is 16.2 Å². The maximum Gasteiger partial charge on any atom is 0.435 e. The summed E-state index contributed by atoms with van der Waals surface area (Å²) in [6.45, 7) is 2.72. The Morgan fingerprint density at radius 3 is 2.19 bits per heavy atom. The van der Waals surface area contributed by atoms with Gasteiger partial charge in [0.15, 0.2) is 12.4 Å². The summed E-state index contributed by atoms with van der Waals surface area (Å²) in [4.78, 5) is 12.9. The van der Waals surface area contributed by atoms with Gasteiger partial charge in [0.25, 0.3) is 15.9 Å². The molecule has 2 aromatic carbocycles. The highest BCUT2D eigenvalue weighted by atomic mass is 32.2. The van der Waals surface area contributed by atoms with E-state index in [0.29, 0.717) is 21.7 Å². The first-order chi connectivity index (χ1) is 16.9. The number of benzene rings is 2. The fourth-order valence-electron chi connectivity index (χ4n) is 3.74. The maximum atomic E-state index is 13.4. The number of aromatic nitrogens is 2. The van der Waals surface area contributed by atoms with E-state index in [1.54, 1.807) is 19.9 Å². The number of alkyl halides is 3. The van der Waals surface area contributed by atoms with E-state index in [9.17, 15) is 26.4 Å². The lowest BCUT2D eigenvalue weighted by atomic mass is 9.96. The zero-order chi connectivity index (χ0) is 26.4. The van der Waals surface area contributed by atoms with Gasteiger partial charge in [0.2, 0.25) is 5.88 Å². The number of nitrogens with zero attached hydrogens (tertiary/aromatic N) is 3. The minimum absolute atomic E-state index is 0.0194. The van der Waals surface area contributed by atoms with Crippen LogP contribution in [0.2, 0.25) is 0 Å². The number of rotatable bonds is 7. The van der Waals surface area contributed by atoms with Crippen LogP contribution < -0.4 is 14.2 Å². The van der Waals surface area contributed by atoms with Crippen molar-refractivity contribution in [2.45, 2.75) is 30.8 Å². The van der Waals surface area contributed by atoms with Crippen LogP contribution in [0.15, 0.2) is 47.4 Å². The molecule has 0 spiro atoms. The predicted molar refractivity (Wildman–Crippen MR) is 121 cm³/mol. The minimum Gasteiger partial charge on any atom is -0.497 e. The second-order valence-corrected chi connectivity index (χ2v) is 9.98. The molecule has 1 amide bonds. The van der Waals surface area contributed by atoms with E-state index < -0.39 is 40.4 Å². The van der Waals surface area contributed by atoms with Crippen LogP contribution in [0.4, 0.5) is 13.2 Å². The van der Waals surface area contributed by atoms with Crippen LogP contribution in [0.25, 0.3) is 5.69 Å². The highest BCUT2D eigenvalue weighted by molar-refractivity contribution is 7.90. The van der Waals surface area contributed by atoms with Crippen molar-refractivity contribution in [3.63, 3.8) is 0 Å². The molecule has 3 aromatic rings. The normalized spacial score (nSPS) is 14.8. The molecule has 0 aliphatic carbocycles. The number of carbonyl (C=O) groups excluding carboxylic acids is 1. The molecule has 0 bridgehead atoms. The third kappa shape index (κ3) is 4.34. The summed E-state index contributed by atoms with van der Waals surface area (Å²) in [6, 6.07) is 9.38. The SMILES string of the molecule is COc1ccc(-n2nc(C(F)(F)F)cc2OCN2C(=O)c3c(C(C)C)cc(OC)cc3S2(=O)=O)cc1. The van der Waals surface area contributed by atoms with Gasteiger partial charge in [0, 0.05) is 12.1 Å². The van der Waals surface area contributed by atoms with Crippen molar-refractivity contribution in [1.82, 2.24) is 14.1 Å². The molecule has 0 radical (unpaired) electrons. The molecule has 0 saturated carbocycles. The summed E-state index contributed by atoms with van der Waals surface area (Å²) in [7, 11) is -1.55. The number of hydrogen-bond acceptors (Lipinski definition) is 7. The van der Waals surface area contributed by atoms with Gasteiger partial charge in [0.05, 0.1) is 25.5 Å². The molecule has 0 saturated heterocycles. The number of amides is 1. The Morgan fingerprint density at radius 2 is 1.64 bits per heavy atom. The number of ether oxygens (including phenoxy) is 3. The molecule has 9 nitrogen and oxygen atoms in total. The summed E-state index contributed by atoms with van der Waals surface area (Å²) in [5.74, 6) is -0.743. The number of fused-ring (bicyclic) bond motifs is 1. The summed E-state index contributed by atoms with van der Waals surface area (Å²) >= 11 is 0. The number of hydrogen-bond donors (Lipinski definition) is 0. The van der Waals surface area contributed by atoms with Gasteiger partial charge < -0.3 is 14.2 Å². The molecule has 36 heavy (non-hydrogen) atoms. The average molecular weight is 526 g/mol. The fraction of sp³-hybridized carbons (Fsp3) is 0.304. The Balaban J connectivity index is 1.71. The molecule has 13 heteroatoms. The Hall–Kier alpha value is -3.74. The Labute approximate surface area is 205 Å². The molecule has 2 heterocycles. The van der Waals surface area contributed by atoms with Crippen molar-refractivity contribution in [2.24, 2.45) is 0 Å². The first kappa shape index (κ1) is 25.4. The molecule has 0 atom stereocenters. The van der Waals surface area contributed by atoms with Crippen LogP contribution in [0, 0.1) is 0 Å². The molecule has 4 rings (SSSR count). The molecule has 1 aliphatic heterocycles. The second kappa shape index (κ2) is 9.04. The lowest BCUT2D eigenvalue weighted by molar-refractivity contribution is -0.141. The topological polar surface area (TPSA) is 100.0 Å². The maximum absolute atomic E-state index is 13.4. The molecule has 192 valence electrons. The number of methoxy groups -OCH3 is 2. The van der Waals surface area contributed by atoms with Gasteiger partial charge in [-0.15, -0.1) is 0 Å². The van der Waals surface area contributed by atoms with Crippen LogP contribution in [0.3, 0.4) is 0 Å². The summed E-state index contributed by atoms with van der Waals surface area (Å²) < 4.78 is 83.6. The molecule has 1 aromatic heterocycles. The van der Waals surface area contributed by atoms with E-state index in [0.717, 1.165) is 4.68 Å². The first-order valence-corrected chi connectivity index (χ1v) is 12.1. The lowest BCUT2D eigenvalue weighted by Crippen LogP contribution is -2.34. The largest absolute Gasteiger partial charge is 0.497 e. The van der Waals surface area contributed by atoms with Crippen molar-refractivity contribution < 1.29 is 40.6 Å². The summed E-state index contributed by atoms with van der Waals surface area (Å²) in [5, 5.41) is 3.56. The Kier molecular flexibility index (Phi) is 6.37. The quantitative estimate of drug-likeness (QED) is 0.456. The smallest absolute Gasteiger partial charge is 0.435 e. The van der Waals surface area contributed by atoms with Crippen molar-refractivity contribution in [2.75, 3.05) is 21.0 Å². The van der Waals surface area contributed by atoms with Gasteiger partial charge in [-0.2, -0.15) is 22.6 Å². The van der Waals surface area contributed by atoms with Crippen LogP contribution in [0.5, 0.6) is 17.4 Å². The average Bonchev–Trinajstić information content (AvgIpc) is 3.34. The monoisotopic (exact) mass is 525 g/mol. The fourth-order valence-corrected chi connectivity index (χ4v) is 5.20. The van der Waals surface area contributed by atoms with E-state index in [-0.39, 0.29) is 27.8 Å². The predicted octanol–water partition coefficient (Wildman–Crippen LogP) is 4.21. The number of sulfonamides is 1. The third-order valence-corrected chi connectivity index (χ3v) is 7.32. The van der Waals surface area contributed by atoms with Crippen molar-refractivity contribution in [3.05, 3.63) is 59.3 Å². The second-order valence-electron chi connectivity index (χ2n) is 8.15. The number of halogens is 3. The Morgan fingerprint density at radius 1 is 1.00 bits per heavy atom. The van der Waals surface area contributed by atoms with Gasteiger partial charge in [0.1, 0.15) is 16.4 Å². The van der Waals surface area contributed by atoms with E-state index in [4.69, 9.17) is 14.2 Å². The molecular formula is C23H22F3N3O6S. The summed E-state index contributed by atoms with van der Waals surface area (Å²) in [6.07, 6.45) is -4.79. The van der Waals surface area contributed by atoms with Gasteiger partial charge >= 0.3 is 6.18 Å². The number of carbonyl (C=O) groups is 1. The zero-order valence-corrected chi connectivity index (χ0v) is 20.5. The molecular weight excluding hydrogens is 503 g/mol. The Bertz CT molecular complexity index is 1420. The lowest BCUT2D eigenvalue weighted by Gasteiger charge is -2.16. The van der Waals surface area contributed by atoms with Crippen LogP contribution in [-0.4, -0.2) is 49.4 Å². The van der Waals surface area contributed by atoms with Gasteiger partial charge in [-0.25, -0.2) is 13.1 Å². The highest BCUT2D eigenvalue weighted by Crippen LogP contribution is 2.39. The highest BCUT2D eigenvalue weighted by Gasteiger charge is 2.44. The van der Waals surface area contributed by atoms with E-state index in [1.807, 2.05) is 0 Å². The molecule has 1 aliphatic rings. The van der Waals surface area contributed by atoms with Crippen molar-refractivity contribution in [1.29, 1.82) is 0 Å². The minimum atomic E-state index is -4.79. The molecule has 0 N–H and O–H groups in total. The van der Waals surface area contributed by atoms with Crippen molar-refractivity contribution in [3.8, 4) is 23.1 Å². The van der Waals surface area contributed by atoms with E-state index >= 15 is 0 Å². The third-order valence-electron chi connectivity index (χ3n) is 5.59. The standard InChI is InChI=1S/C23H22F3N3O6S/c1-13(2)17-9-16(34-4)10-18-21(17)22(30)28(36(18,31)32)12-35-20-11-19(23(24,25)26)27-29(20)14-5-7-15(33-3)8-6-14/h5-11,13H,12H2,1-4H3.